The lowest BCUT2D eigenvalue weighted by Crippen LogP contribution is -2.27. The molecular weight excluding hydrogens is 390 g/mol. The quantitative estimate of drug-likeness (QED) is 0.446. The summed E-state index contributed by atoms with van der Waals surface area (Å²) in [5.41, 5.74) is 1.22. The number of allylic oxidation sites excluding steroid dienone is 1. The van der Waals surface area contributed by atoms with E-state index in [1.807, 2.05) is 44.2 Å². The molecule has 31 heavy (non-hydrogen) atoms. The molecule has 0 amide bonds. The van der Waals surface area contributed by atoms with Gasteiger partial charge >= 0.3 is 0 Å². The number of nitrogens with zero attached hydrogens (tertiary/aromatic N) is 1. The van der Waals surface area contributed by atoms with Crippen LogP contribution in [0.5, 0.6) is 17.2 Å². The minimum absolute atomic E-state index is 0.0594. The normalized spacial score (nSPS) is 14.5. The lowest BCUT2D eigenvalue weighted by Gasteiger charge is -2.28. The summed E-state index contributed by atoms with van der Waals surface area (Å²) in [6.07, 6.45) is 6.86. The Morgan fingerprint density at radius 1 is 1.13 bits per heavy atom. The maximum absolute atomic E-state index is 12.6. The van der Waals surface area contributed by atoms with Crippen molar-refractivity contribution < 1.29 is 19.4 Å². The standard InChI is InChI=1S/C26H31NO4/c1-5-27(6-2)17-18-30-20-10-7-19(8-11-20)9-13-23(28)21-12-14-24-22(25(21)29)15-16-26(3,4)31-24/h7-16,29H,5-6,17-18H2,1-4H3/b13-9+. The van der Waals surface area contributed by atoms with Gasteiger partial charge in [0.05, 0.1) is 11.1 Å². The van der Waals surface area contributed by atoms with Crippen LogP contribution in [0.4, 0.5) is 0 Å². The first-order valence-electron chi connectivity index (χ1n) is 10.7. The first-order valence-corrected chi connectivity index (χ1v) is 10.7. The van der Waals surface area contributed by atoms with Crippen LogP contribution >= 0.6 is 0 Å². The van der Waals surface area contributed by atoms with Crippen molar-refractivity contribution in [3.63, 3.8) is 0 Å². The summed E-state index contributed by atoms with van der Waals surface area (Å²) >= 11 is 0. The number of phenolic OH excluding ortho intramolecular Hbond substituents is 1. The van der Waals surface area contributed by atoms with Gasteiger partial charge in [0, 0.05) is 6.54 Å². The van der Waals surface area contributed by atoms with Gasteiger partial charge < -0.3 is 19.5 Å². The van der Waals surface area contributed by atoms with E-state index >= 15 is 0 Å². The van der Waals surface area contributed by atoms with Crippen LogP contribution in [-0.2, 0) is 0 Å². The van der Waals surface area contributed by atoms with Gasteiger partial charge in [-0.15, -0.1) is 0 Å². The highest BCUT2D eigenvalue weighted by Crippen LogP contribution is 2.38. The average molecular weight is 422 g/mol. The molecule has 0 aromatic heterocycles. The second-order valence-corrected chi connectivity index (χ2v) is 8.05. The summed E-state index contributed by atoms with van der Waals surface area (Å²) in [7, 11) is 0. The van der Waals surface area contributed by atoms with Crippen LogP contribution in [0.2, 0.25) is 0 Å². The van der Waals surface area contributed by atoms with Gasteiger partial charge in [-0.05, 0) is 75.0 Å². The molecule has 0 aliphatic carbocycles. The maximum atomic E-state index is 12.6. The third-order valence-corrected chi connectivity index (χ3v) is 5.34. The number of carbonyl (C=O) groups excluding carboxylic acids is 1. The van der Waals surface area contributed by atoms with Crippen LogP contribution in [0.3, 0.4) is 0 Å². The van der Waals surface area contributed by atoms with Gasteiger partial charge in [-0.2, -0.15) is 0 Å². The number of likely N-dealkylation sites (N-methyl/N-ethyl adjacent to an activating group) is 1. The Balaban J connectivity index is 1.63. The molecule has 1 N–H and O–H groups in total. The molecule has 0 saturated carbocycles. The summed E-state index contributed by atoms with van der Waals surface area (Å²) in [5.74, 6) is 1.05. The molecule has 1 aliphatic heterocycles. The zero-order valence-electron chi connectivity index (χ0n) is 18.7. The number of hydrogen-bond acceptors (Lipinski definition) is 5. The first kappa shape index (κ1) is 22.6. The van der Waals surface area contributed by atoms with Crippen LogP contribution in [-0.4, -0.2) is 47.6 Å². The summed E-state index contributed by atoms with van der Waals surface area (Å²) in [6, 6.07) is 10.9. The number of ether oxygens (including phenoxy) is 2. The van der Waals surface area contributed by atoms with E-state index < -0.39 is 5.60 Å². The third kappa shape index (κ3) is 5.76. The smallest absolute Gasteiger partial charge is 0.189 e. The predicted molar refractivity (Wildman–Crippen MR) is 125 cm³/mol. The monoisotopic (exact) mass is 421 g/mol. The number of hydrogen-bond donors (Lipinski definition) is 1. The van der Waals surface area contributed by atoms with Gasteiger partial charge in [-0.3, -0.25) is 4.79 Å². The topological polar surface area (TPSA) is 59.0 Å². The molecule has 5 nitrogen and oxygen atoms in total. The van der Waals surface area contributed by atoms with E-state index in [0.717, 1.165) is 30.9 Å². The molecule has 164 valence electrons. The zero-order chi connectivity index (χ0) is 22.4. The molecule has 2 aromatic carbocycles. The summed E-state index contributed by atoms with van der Waals surface area (Å²) in [5, 5.41) is 10.6. The Kier molecular flexibility index (Phi) is 7.18. The highest BCUT2D eigenvalue weighted by Gasteiger charge is 2.25. The number of benzene rings is 2. The minimum Gasteiger partial charge on any atom is -0.506 e. The minimum atomic E-state index is -0.438. The highest BCUT2D eigenvalue weighted by molar-refractivity contribution is 6.09. The van der Waals surface area contributed by atoms with Crippen molar-refractivity contribution in [2.24, 2.45) is 0 Å². The van der Waals surface area contributed by atoms with Crippen LogP contribution in [0.15, 0.2) is 48.6 Å². The van der Waals surface area contributed by atoms with Crippen molar-refractivity contribution in [3.05, 3.63) is 65.2 Å². The number of aromatic hydroxyl groups is 1. The molecule has 1 aliphatic rings. The van der Waals surface area contributed by atoms with Crippen LogP contribution in [0, 0.1) is 0 Å². The maximum Gasteiger partial charge on any atom is 0.189 e. The van der Waals surface area contributed by atoms with E-state index in [9.17, 15) is 9.90 Å². The van der Waals surface area contributed by atoms with E-state index in [1.54, 1.807) is 24.3 Å². The molecule has 0 unspecified atom stereocenters. The molecule has 0 atom stereocenters. The first-order chi connectivity index (χ1) is 14.8. The van der Waals surface area contributed by atoms with Gasteiger partial charge in [0.15, 0.2) is 5.78 Å². The lowest BCUT2D eigenvalue weighted by atomic mass is 9.98. The SMILES string of the molecule is CCN(CC)CCOc1ccc(/C=C/C(=O)c2ccc3c(c2O)C=CC(C)(C)O3)cc1. The fraction of sp³-hybridized carbons (Fsp3) is 0.346. The number of phenols is 1. The third-order valence-electron chi connectivity index (χ3n) is 5.34. The molecule has 0 fully saturated rings. The van der Waals surface area contributed by atoms with Crippen molar-refractivity contribution >= 4 is 17.9 Å². The Bertz CT molecular complexity index is 970. The van der Waals surface area contributed by atoms with Crippen LogP contribution in [0.25, 0.3) is 12.2 Å². The summed E-state index contributed by atoms with van der Waals surface area (Å²) in [6.45, 7) is 11.7. The number of ketones is 1. The Morgan fingerprint density at radius 2 is 1.84 bits per heavy atom. The second-order valence-electron chi connectivity index (χ2n) is 8.05. The predicted octanol–water partition coefficient (Wildman–Crippen LogP) is 5.19. The molecule has 0 spiro atoms. The van der Waals surface area contributed by atoms with Crippen molar-refractivity contribution in [3.8, 4) is 17.2 Å². The summed E-state index contributed by atoms with van der Waals surface area (Å²) in [4.78, 5) is 14.9. The number of fused-ring (bicyclic) bond motifs is 1. The lowest BCUT2D eigenvalue weighted by molar-refractivity contribution is 0.104. The van der Waals surface area contributed by atoms with E-state index in [1.165, 1.54) is 6.08 Å². The molecular formula is C26H31NO4. The van der Waals surface area contributed by atoms with E-state index in [2.05, 4.69) is 18.7 Å². The molecule has 2 aromatic rings. The van der Waals surface area contributed by atoms with Gasteiger partial charge in [0.1, 0.15) is 29.5 Å². The average Bonchev–Trinajstić information content (AvgIpc) is 2.75. The van der Waals surface area contributed by atoms with E-state index in [0.29, 0.717) is 17.9 Å². The van der Waals surface area contributed by atoms with Gasteiger partial charge in [-0.25, -0.2) is 0 Å². The van der Waals surface area contributed by atoms with Gasteiger partial charge in [0.2, 0.25) is 0 Å². The zero-order valence-corrected chi connectivity index (χ0v) is 18.7. The van der Waals surface area contributed by atoms with Crippen molar-refractivity contribution in [1.29, 1.82) is 0 Å². The van der Waals surface area contributed by atoms with Crippen molar-refractivity contribution in [2.75, 3.05) is 26.2 Å². The van der Waals surface area contributed by atoms with Crippen LogP contribution in [0.1, 0.15) is 49.2 Å². The molecule has 5 heteroatoms. The van der Waals surface area contributed by atoms with E-state index in [4.69, 9.17) is 9.47 Å². The highest BCUT2D eigenvalue weighted by atomic mass is 16.5. The van der Waals surface area contributed by atoms with Gasteiger partial charge in [0.25, 0.3) is 0 Å². The Morgan fingerprint density at radius 3 is 2.52 bits per heavy atom. The number of carbonyl (C=O) groups is 1. The largest absolute Gasteiger partial charge is 0.506 e. The fourth-order valence-corrected chi connectivity index (χ4v) is 3.41. The Labute approximate surface area is 184 Å². The molecule has 1 heterocycles. The van der Waals surface area contributed by atoms with Crippen molar-refractivity contribution in [1.82, 2.24) is 4.90 Å². The van der Waals surface area contributed by atoms with Gasteiger partial charge in [-0.1, -0.05) is 32.1 Å². The molecule has 0 saturated heterocycles. The second kappa shape index (κ2) is 9.84. The van der Waals surface area contributed by atoms with Crippen LogP contribution < -0.4 is 9.47 Å². The van der Waals surface area contributed by atoms with E-state index in [-0.39, 0.29) is 17.1 Å². The van der Waals surface area contributed by atoms with Crippen molar-refractivity contribution in [2.45, 2.75) is 33.3 Å². The molecule has 3 rings (SSSR count). The number of rotatable bonds is 9. The molecule has 0 radical (unpaired) electrons. The summed E-state index contributed by atoms with van der Waals surface area (Å²) < 4.78 is 11.6. The Hall–Kier alpha value is -3.05. The fourth-order valence-electron chi connectivity index (χ4n) is 3.41. The molecule has 0 bridgehead atoms.